The van der Waals surface area contributed by atoms with Gasteiger partial charge in [-0.2, -0.15) is 4.80 Å². The van der Waals surface area contributed by atoms with E-state index in [1.807, 2.05) is 31.2 Å². The summed E-state index contributed by atoms with van der Waals surface area (Å²) in [5.41, 5.74) is 2.00. The van der Waals surface area contributed by atoms with E-state index < -0.39 is 0 Å². The Morgan fingerprint density at radius 2 is 2.12 bits per heavy atom. The van der Waals surface area contributed by atoms with Gasteiger partial charge in [-0.15, -0.1) is 10.2 Å². The van der Waals surface area contributed by atoms with Gasteiger partial charge in [0.1, 0.15) is 6.54 Å². The van der Waals surface area contributed by atoms with E-state index >= 15 is 0 Å². The van der Waals surface area contributed by atoms with Crippen LogP contribution in [-0.4, -0.2) is 45.4 Å². The summed E-state index contributed by atoms with van der Waals surface area (Å²) in [6.45, 7) is 5.33. The number of hydrogen-bond acceptors (Lipinski definition) is 5. The summed E-state index contributed by atoms with van der Waals surface area (Å²) in [4.78, 5) is 13.4. The molecule has 26 heavy (non-hydrogen) atoms. The number of carbonyl (C=O) groups excluding carboxylic acids is 1. The molecule has 3 rings (SSSR count). The molecule has 140 valence electrons. The maximum absolute atomic E-state index is 12.0. The Balaban J connectivity index is 1.42. The van der Waals surface area contributed by atoms with Crippen molar-refractivity contribution in [2.75, 3.05) is 13.2 Å². The number of aryl methyl sites for hydroxylation is 1. The zero-order valence-corrected chi connectivity index (χ0v) is 15.5. The third-order valence-corrected chi connectivity index (χ3v) is 4.91. The normalized spacial score (nSPS) is 20.1. The molecule has 1 saturated carbocycles. The predicted molar refractivity (Wildman–Crippen MR) is 98.4 cm³/mol. The standard InChI is InChI=1S/C19H27N5O2/c1-14-7-3-5-9-16(14)19-21-23-24(22-19)13-18(25)20-11-12-26-17-10-6-4-8-15(17)2/h3,5,7,9,15,17H,4,6,8,10-13H2,1-2H3,(H,20,25)/t15-,17+/m0/s1. The van der Waals surface area contributed by atoms with Gasteiger partial charge in [0.2, 0.25) is 11.7 Å². The van der Waals surface area contributed by atoms with Crippen molar-refractivity contribution in [2.45, 2.75) is 52.2 Å². The number of benzene rings is 1. The lowest BCUT2D eigenvalue weighted by atomic mass is 9.88. The fourth-order valence-corrected chi connectivity index (χ4v) is 3.36. The van der Waals surface area contributed by atoms with E-state index in [1.54, 1.807) is 0 Å². The third-order valence-electron chi connectivity index (χ3n) is 4.91. The van der Waals surface area contributed by atoms with Crippen molar-refractivity contribution in [3.05, 3.63) is 29.8 Å². The largest absolute Gasteiger partial charge is 0.376 e. The first-order chi connectivity index (χ1) is 12.6. The Morgan fingerprint density at radius 3 is 2.92 bits per heavy atom. The van der Waals surface area contributed by atoms with Crippen LogP contribution in [0.2, 0.25) is 0 Å². The van der Waals surface area contributed by atoms with Crippen molar-refractivity contribution in [1.82, 2.24) is 25.5 Å². The highest BCUT2D eigenvalue weighted by molar-refractivity contribution is 5.75. The van der Waals surface area contributed by atoms with E-state index in [9.17, 15) is 4.79 Å². The molecule has 0 unspecified atom stereocenters. The van der Waals surface area contributed by atoms with Gasteiger partial charge >= 0.3 is 0 Å². The molecule has 1 fully saturated rings. The van der Waals surface area contributed by atoms with Crippen LogP contribution in [0.15, 0.2) is 24.3 Å². The lowest BCUT2D eigenvalue weighted by Crippen LogP contribution is -2.33. The number of nitrogens with zero attached hydrogens (tertiary/aromatic N) is 4. The SMILES string of the molecule is Cc1ccccc1-c1nnn(CC(=O)NCCO[C@@H]2CCCC[C@@H]2C)n1. The topological polar surface area (TPSA) is 81.9 Å². The summed E-state index contributed by atoms with van der Waals surface area (Å²) >= 11 is 0. The molecule has 1 heterocycles. The van der Waals surface area contributed by atoms with Gasteiger partial charge in [0.15, 0.2) is 0 Å². The zero-order chi connectivity index (χ0) is 18.4. The van der Waals surface area contributed by atoms with Crippen LogP contribution in [0, 0.1) is 12.8 Å². The van der Waals surface area contributed by atoms with Crippen LogP contribution in [0.5, 0.6) is 0 Å². The summed E-state index contributed by atoms with van der Waals surface area (Å²) in [7, 11) is 0. The van der Waals surface area contributed by atoms with E-state index in [0.717, 1.165) is 17.5 Å². The molecule has 0 spiro atoms. The number of amides is 1. The van der Waals surface area contributed by atoms with Gasteiger partial charge in [-0.05, 0) is 36.5 Å². The van der Waals surface area contributed by atoms with Crippen LogP contribution in [-0.2, 0) is 16.1 Å². The van der Waals surface area contributed by atoms with Gasteiger partial charge in [-0.25, -0.2) is 0 Å². The van der Waals surface area contributed by atoms with E-state index in [1.165, 1.54) is 24.1 Å². The van der Waals surface area contributed by atoms with Crippen molar-refractivity contribution in [3.8, 4) is 11.4 Å². The molecule has 1 N–H and O–H groups in total. The summed E-state index contributed by atoms with van der Waals surface area (Å²) in [5, 5.41) is 15.2. The van der Waals surface area contributed by atoms with Crippen molar-refractivity contribution in [1.29, 1.82) is 0 Å². The minimum absolute atomic E-state index is 0.0543. The molecule has 2 atom stereocenters. The van der Waals surface area contributed by atoms with Crippen LogP contribution in [0.25, 0.3) is 11.4 Å². The highest BCUT2D eigenvalue weighted by Crippen LogP contribution is 2.26. The quantitative estimate of drug-likeness (QED) is 0.769. The zero-order valence-electron chi connectivity index (χ0n) is 15.5. The minimum atomic E-state index is -0.140. The average Bonchev–Trinajstić information content (AvgIpc) is 3.08. The second-order valence-electron chi connectivity index (χ2n) is 6.98. The number of ether oxygens (including phenoxy) is 1. The Bertz CT molecular complexity index is 730. The number of tetrazole rings is 1. The molecule has 1 amide bonds. The van der Waals surface area contributed by atoms with E-state index in [-0.39, 0.29) is 12.5 Å². The molecule has 1 aliphatic carbocycles. The molecule has 0 saturated heterocycles. The van der Waals surface area contributed by atoms with Gasteiger partial charge in [-0.1, -0.05) is 44.0 Å². The fourth-order valence-electron chi connectivity index (χ4n) is 3.36. The van der Waals surface area contributed by atoms with Gasteiger partial charge in [0, 0.05) is 12.1 Å². The Hall–Kier alpha value is -2.28. The second kappa shape index (κ2) is 8.89. The summed E-state index contributed by atoms with van der Waals surface area (Å²) in [5.74, 6) is 1.00. The molecule has 1 aromatic heterocycles. The summed E-state index contributed by atoms with van der Waals surface area (Å²) in [6, 6.07) is 7.84. The van der Waals surface area contributed by atoms with Gasteiger partial charge in [0.25, 0.3) is 0 Å². The highest BCUT2D eigenvalue weighted by atomic mass is 16.5. The first kappa shape index (κ1) is 18.5. The summed E-state index contributed by atoms with van der Waals surface area (Å²) < 4.78 is 5.91. The maximum Gasteiger partial charge on any atom is 0.243 e. The van der Waals surface area contributed by atoms with Crippen LogP contribution in [0.4, 0.5) is 0 Å². The van der Waals surface area contributed by atoms with Gasteiger partial charge < -0.3 is 10.1 Å². The van der Waals surface area contributed by atoms with Crippen molar-refractivity contribution in [2.24, 2.45) is 5.92 Å². The lowest BCUT2D eigenvalue weighted by molar-refractivity contribution is -0.122. The molecule has 1 aliphatic rings. The van der Waals surface area contributed by atoms with Gasteiger partial charge in [-0.3, -0.25) is 4.79 Å². The van der Waals surface area contributed by atoms with Gasteiger partial charge in [0.05, 0.1) is 12.7 Å². The smallest absolute Gasteiger partial charge is 0.243 e. The van der Waals surface area contributed by atoms with E-state index in [2.05, 4.69) is 27.7 Å². The Kier molecular flexibility index (Phi) is 6.33. The summed E-state index contributed by atoms with van der Waals surface area (Å²) in [6.07, 6.45) is 5.22. The molecule has 0 bridgehead atoms. The van der Waals surface area contributed by atoms with Crippen LogP contribution in [0.3, 0.4) is 0 Å². The third kappa shape index (κ3) is 4.88. The molecule has 2 aromatic rings. The molecule has 7 nitrogen and oxygen atoms in total. The number of rotatable bonds is 7. The predicted octanol–water partition coefficient (Wildman–Crippen LogP) is 2.36. The first-order valence-corrected chi connectivity index (χ1v) is 9.35. The number of nitrogens with one attached hydrogen (secondary N) is 1. The molecule has 1 aromatic carbocycles. The van der Waals surface area contributed by atoms with Crippen LogP contribution < -0.4 is 5.32 Å². The maximum atomic E-state index is 12.0. The van der Waals surface area contributed by atoms with E-state index in [4.69, 9.17) is 4.74 Å². The van der Waals surface area contributed by atoms with Crippen molar-refractivity contribution in [3.63, 3.8) is 0 Å². The average molecular weight is 357 g/mol. The minimum Gasteiger partial charge on any atom is -0.376 e. The molecule has 0 radical (unpaired) electrons. The molecule has 7 heteroatoms. The molecular weight excluding hydrogens is 330 g/mol. The monoisotopic (exact) mass is 357 g/mol. The van der Waals surface area contributed by atoms with Crippen LogP contribution in [0.1, 0.15) is 38.2 Å². The number of hydrogen-bond donors (Lipinski definition) is 1. The number of aromatic nitrogens is 4. The first-order valence-electron chi connectivity index (χ1n) is 9.35. The fraction of sp³-hybridized carbons (Fsp3) is 0.579. The molecular formula is C19H27N5O2. The highest BCUT2D eigenvalue weighted by Gasteiger charge is 2.21. The van der Waals surface area contributed by atoms with E-state index in [0.29, 0.717) is 31.0 Å². The second-order valence-corrected chi connectivity index (χ2v) is 6.98. The Labute approximate surface area is 154 Å². The molecule has 0 aliphatic heterocycles. The Morgan fingerprint density at radius 1 is 1.31 bits per heavy atom. The van der Waals surface area contributed by atoms with Crippen molar-refractivity contribution < 1.29 is 9.53 Å². The van der Waals surface area contributed by atoms with Crippen molar-refractivity contribution >= 4 is 5.91 Å². The van der Waals surface area contributed by atoms with Crippen LogP contribution >= 0.6 is 0 Å². The number of carbonyl (C=O) groups is 1. The lowest BCUT2D eigenvalue weighted by Gasteiger charge is -2.28.